The minimum Gasteiger partial charge on any atom is -0.492 e. The summed E-state index contributed by atoms with van der Waals surface area (Å²) in [6.45, 7) is 14.0. The highest BCUT2D eigenvalue weighted by molar-refractivity contribution is 5.52. The highest BCUT2D eigenvalue weighted by atomic mass is 16.5. The molecule has 24 heavy (non-hydrogen) atoms. The quantitative estimate of drug-likeness (QED) is 0.746. The van der Waals surface area contributed by atoms with Crippen molar-refractivity contribution in [3.8, 4) is 5.75 Å². The van der Waals surface area contributed by atoms with Crippen LogP contribution >= 0.6 is 0 Å². The van der Waals surface area contributed by atoms with Crippen LogP contribution in [-0.4, -0.2) is 41.7 Å². The molecule has 0 spiro atoms. The van der Waals surface area contributed by atoms with Crippen molar-refractivity contribution in [1.82, 2.24) is 0 Å². The molecule has 4 nitrogen and oxygen atoms in total. The average Bonchev–Trinajstić information content (AvgIpc) is 2.46. The first-order chi connectivity index (χ1) is 10.9. The van der Waals surface area contributed by atoms with Crippen LogP contribution in [0.2, 0.25) is 0 Å². The van der Waals surface area contributed by atoms with Crippen molar-refractivity contribution in [2.75, 3.05) is 26.4 Å². The van der Waals surface area contributed by atoms with E-state index in [0.717, 1.165) is 22.4 Å². The van der Waals surface area contributed by atoms with Crippen molar-refractivity contribution in [1.29, 1.82) is 0 Å². The van der Waals surface area contributed by atoms with Crippen LogP contribution in [0.4, 0.5) is 0 Å². The van der Waals surface area contributed by atoms with Crippen LogP contribution in [0, 0.1) is 12.3 Å². The van der Waals surface area contributed by atoms with Gasteiger partial charge in [0.1, 0.15) is 12.4 Å². The van der Waals surface area contributed by atoms with Gasteiger partial charge in [0.25, 0.3) is 0 Å². The lowest BCUT2D eigenvalue weighted by Crippen LogP contribution is -2.40. The van der Waals surface area contributed by atoms with Crippen molar-refractivity contribution in [3.05, 3.63) is 28.8 Å². The molecule has 0 radical (unpaired) electrons. The van der Waals surface area contributed by atoms with Gasteiger partial charge in [-0.15, -0.1) is 0 Å². The summed E-state index contributed by atoms with van der Waals surface area (Å²) in [5.41, 5.74) is 2.09. The van der Waals surface area contributed by atoms with Gasteiger partial charge in [0.2, 0.25) is 0 Å². The van der Waals surface area contributed by atoms with E-state index in [1.165, 1.54) is 0 Å². The summed E-state index contributed by atoms with van der Waals surface area (Å²) in [7, 11) is 0. The predicted octanol–water partition coefficient (Wildman–Crippen LogP) is 2.93. The van der Waals surface area contributed by atoms with Crippen molar-refractivity contribution in [2.45, 2.75) is 59.3 Å². The normalized spacial score (nSPS) is 13.2. The van der Waals surface area contributed by atoms with Crippen LogP contribution in [0.3, 0.4) is 0 Å². The summed E-state index contributed by atoms with van der Waals surface area (Å²) in [6.07, 6.45) is 0. The lowest BCUT2D eigenvalue weighted by Gasteiger charge is -2.34. The van der Waals surface area contributed by atoms with Gasteiger partial charge in [0, 0.05) is 5.56 Å². The van der Waals surface area contributed by atoms with Gasteiger partial charge in [-0.2, -0.15) is 0 Å². The number of aliphatic hydroxyl groups excluding tert-OH is 3. The molecule has 0 bridgehead atoms. The second-order valence-electron chi connectivity index (χ2n) is 8.90. The number of hydrogen-bond acceptors (Lipinski definition) is 4. The topological polar surface area (TPSA) is 69.9 Å². The fourth-order valence-corrected chi connectivity index (χ4v) is 2.87. The van der Waals surface area contributed by atoms with Gasteiger partial charge in [0.05, 0.1) is 25.2 Å². The first kappa shape index (κ1) is 20.9. The zero-order valence-corrected chi connectivity index (χ0v) is 16.2. The molecule has 0 heterocycles. The molecule has 0 atom stereocenters. The molecule has 4 heteroatoms. The molecule has 0 aromatic heterocycles. The van der Waals surface area contributed by atoms with Gasteiger partial charge in [-0.05, 0) is 28.9 Å². The van der Waals surface area contributed by atoms with E-state index in [9.17, 15) is 15.3 Å². The van der Waals surface area contributed by atoms with E-state index in [1.807, 2.05) is 0 Å². The minimum atomic E-state index is -1.05. The van der Waals surface area contributed by atoms with Crippen molar-refractivity contribution < 1.29 is 20.1 Å². The Hall–Kier alpha value is -1.10. The molecule has 1 rings (SSSR count). The van der Waals surface area contributed by atoms with E-state index in [0.29, 0.717) is 0 Å². The number of rotatable bonds is 6. The first-order valence-corrected chi connectivity index (χ1v) is 8.52. The Balaban J connectivity index is 3.45. The number of hydrogen-bond donors (Lipinski definition) is 3. The molecular weight excluding hydrogens is 304 g/mol. The number of aryl methyl sites for hydroxylation is 1. The number of ether oxygens (including phenoxy) is 1. The third-order valence-electron chi connectivity index (χ3n) is 4.45. The summed E-state index contributed by atoms with van der Waals surface area (Å²) in [5, 5.41) is 28.7. The molecule has 0 saturated heterocycles. The fraction of sp³-hybridized carbons (Fsp3) is 0.700. The van der Waals surface area contributed by atoms with Crippen molar-refractivity contribution >= 4 is 0 Å². The first-order valence-electron chi connectivity index (χ1n) is 8.52. The summed E-state index contributed by atoms with van der Waals surface area (Å²) in [5.74, 6) is 0.801. The van der Waals surface area contributed by atoms with Gasteiger partial charge < -0.3 is 20.1 Å². The van der Waals surface area contributed by atoms with Crippen molar-refractivity contribution in [3.63, 3.8) is 0 Å². The molecule has 0 amide bonds. The van der Waals surface area contributed by atoms with E-state index >= 15 is 0 Å². The third kappa shape index (κ3) is 4.50. The van der Waals surface area contributed by atoms with Gasteiger partial charge in [0.15, 0.2) is 0 Å². The lowest BCUT2D eigenvalue weighted by atomic mass is 9.77. The summed E-state index contributed by atoms with van der Waals surface area (Å²) >= 11 is 0. The molecular formula is C20H34O4. The SMILES string of the molecule is Cc1ccc(C(C)(C)C)c(OCC(CO)(CO)CO)c1C(C)(C)C. The van der Waals surface area contributed by atoms with E-state index in [2.05, 4.69) is 60.6 Å². The van der Waals surface area contributed by atoms with E-state index < -0.39 is 5.41 Å². The molecule has 1 aromatic carbocycles. The Morgan fingerprint density at radius 2 is 1.33 bits per heavy atom. The van der Waals surface area contributed by atoms with Crippen LogP contribution in [0.5, 0.6) is 5.75 Å². The second-order valence-corrected chi connectivity index (χ2v) is 8.90. The zero-order valence-electron chi connectivity index (χ0n) is 16.2. The highest BCUT2D eigenvalue weighted by Crippen LogP contribution is 2.42. The van der Waals surface area contributed by atoms with Crippen LogP contribution < -0.4 is 4.74 Å². The lowest BCUT2D eigenvalue weighted by molar-refractivity contribution is -0.0265. The average molecular weight is 338 g/mol. The monoisotopic (exact) mass is 338 g/mol. The maximum absolute atomic E-state index is 9.57. The molecule has 0 fully saturated rings. The maximum atomic E-state index is 9.57. The van der Waals surface area contributed by atoms with Crippen molar-refractivity contribution in [2.24, 2.45) is 5.41 Å². The van der Waals surface area contributed by atoms with Gasteiger partial charge >= 0.3 is 0 Å². The highest BCUT2D eigenvalue weighted by Gasteiger charge is 2.33. The van der Waals surface area contributed by atoms with Crippen LogP contribution in [0.25, 0.3) is 0 Å². The molecule has 3 N–H and O–H groups in total. The standard InChI is InChI=1S/C20H34O4/c1-14-8-9-15(18(2,3)4)17(16(14)19(5,6)7)24-13-20(10-21,11-22)12-23/h8-9,21-23H,10-13H2,1-7H3. The molecule has 0 saturated carbocycles. The molecule has 0 aliphatic carbocycles. The Kier molecular flexibility index (Phi) is 6.48. The number of aliphatic hydroxyl groups is 3. The van der Waals surface area contributed by atoms with E-state index in [1.54, 1.807) is 0 Å². The fourth-order valence-electron chi connectivity index (χ4n) is 2.87. The largest absolute Gasteiger partial charge is 0.492 e. The number of benzene rings is 1. The van der Waals surface area contributed by atoms with Gasteiger partial charge in [-0.25, -0.2) is 0 Å². The molecule has 1 aromatic rings. The zero-order chi connectivity index (χ0) is 18.8. The van der Waals surface area contributed by atoms with E-state index in [4.69, 9.17) is 4.74 Å². The Labute approximate surface area is 146 Å². The van der Waals surface area contributed by atoms with Crippen LogP contribution in [0.15, 0.2) is 12.1 Å². The van der Waals surface area contributed by atoms with Crippen LogP contribution in [-0.2, 0) is 10.8 Å². The van der Waals surface area contributed by atoms with Gasteiger partial charge in [-0.3, -0.25) is 0 Å². The van der Waals surface area contributed by atoms with E-state index in [-0.39, 0.29) is 37.3 Å². The molecule has 0 aliphatic heterocycles. The second kappa shape index (κ2) is 7.42. The predicted molar refractivity (Wildman–Crippen MR) is 97.8 cm³/mol. The Bertz CT molecular complexity index is 538. The molecule has 138 valence electrons. The Morgan fingerprint density at radius 3 is 1.71 bits per heavy atom. The summed E-state index contributed by atoms with van der Waals surface area (Å²) < 4.78 is 6.16. The maximum Gasteiger partial charge on any atom is 0.127 e. The summed E-state index contributed by atoms with van der Waals surface area (Å²) in [6, 6.07) is 4.20. The summed E-state index contributed by atoms with van der Waals surface area (Å²) in [4.78, 5) is 0. The van der Waals surface area contributed by atoms with Gasteiger partial charge in [-0.1, -0.05) is 53.7 Å². The molecule has 0 unspecified atom stereocenters. The smallest absolute Gasteiger partial charge is 0.127 e. The third-order valence-corrected chi connectivity index (χ3v) is 4.45. The Morgan fingerprint density at radius 1 is 0.833 bits per heavy atom. The minimum absolute atomic E-state index is 0.0616. The molecule has 0 aliphatic rings. The van der Waals surface area contributed by atoms with Crippen LogP contribution in [0.1, 0.15) is 58.2 Å².